The van der Waals surface area contributed by atoms with Gasteiger partial charge < -0.3 is 10.6 Å². The fourth-order valence-corrected chi connectivity index (χ4v) is 2.36. The van der Waals surface area contributed by atoms with E-state index in [1.165, 1.54) is 45.2 Å². The highest BCUT2D eigenvalue weighted by molar-refractivity contribution is 5.82. The minimum atomic E-state index is -0.123. The molecule has 1 saturated carbocycles. The van der Waals surface area contributed by atoms with Gasteiger partial charge in [-0.25, -0.2) is 0 Å². The number of amidine groups is 1. The van der Waals surface area contributed by atoms with Crippen molar-refractivity contribution in [3.8, 4) is 0 Å². The van der Waals surface area contributed by atoms with Crippen LogP contribution in [0.25, 0.3) is 0 Å². The molecule has 0 aromatic heterocycles. The molecule has 0 saturated heterocycles. The lowest BCUT2D eigenvalue weighted by Gasteiger charge is -2.25. The van der Waals surface area contributed by atoms with E-state index in [-0.39, 0.29) is 5.41 Å². The fourth-order valence-electron chi connectivity index (χ4n) is 2.36. The van der Waals surface area contributed by atoms with Crippen LogP contribution in [0.1, 0.15) is 66.2 Å². The first-order chi connectivity index (χ1) is 8.83. The molecular weight excluding hydrogens is 234 g/mol. The van der Waals surface area contributed by atoms with Gasteiger partial charge >= 0.3 is 0 Å². The van der Waals surface area contributed by atoms with Crippen LogP contribution in [0.4, 0.5) is 0 Å². The summed E-state index contributed by atoms with van der Waals surface area (Å²) in [4.78, 5) is 2.68. The van der Waals surface area contributed by atoms with E-state index in [2.05, 4.69) is 32.6 Å². The van der Waals surface area contributed by atoms with Gasteiger partial charge in [-0.05, 0) is 51.1 Å². The highest BCUT2D eigenvalue weighted by atomic mass is 15.2. The van der Waals surface area contributed by atoms with Gasteiger partial charge in [0.2, 0.25) is 0 Å². The van der Waals surface area contributed by atoms with Crippen molar-refractivity contribution in [3.05, 3.63) is 0 Å². The first-order valence-corrected chi connectivity index (χ1v) is 7.91. The van der Waals surface area contributed by atoms with Crippen LogP contribution in [0, 0.1) is 16.7 Å². The summed E-state index contributed by atoms with van der Waals surface area (Å²) in [7, 11) is 0. The number of unbranched alkanes of at least 4 members (excludes halogenated alkanes) is 1. The van der Waals surface area contributed by atoms with Crippen molar-refractivity contribution in [2.75, 3.05) is 13.1 Å². The van der Waals surface area contributed by atoms with E-state index in [0.717, 1.165) is 18.4 Å². The summed E-state index contributed by atoms with van der Waals surface area (Å²) < 4.78 is 0. The van der Waals surface area contributed by atoms with Crippen molar-refractivity contribution < 1.29 is 0 Å². The standard InChI is InChI=1S/C16H33N3/c1-13(2)9-12-19(14-7-8-14)11-6-5-10-16(3,4)15(17)18/h13-14H,5-12H2,1-4H3,(H3,17,18). The van der Waals surface area contributed by atoms with Crippen molar-refractivity contribution >= 4 is 5.84 Å². The van der Waals surface area contributed by atoms with Crippen LogP contribution in [0.2, 0.25) is 0 Å². The molecule has 0 heterocycles. The van der Waals surface area contributed by atoms with Gasteiger partial charge in [-0.15, -0.1) is 0 Å². The molecule has 0 aliphatic heterocycles. The molecule has 112 valence electrons. The van der Waals surface area contributed by atoms with E-state index in [4.69, 9.17) is 11.1 Å². The zero-order valence-corrected chi connectivity index (χ0v) is 13.3. The smallest absolute Gasteiger partial charge is 0.0963 e. The Balaban J connectivity index is 2.20. The molecule has 1 aliphatic carbocycles. The van der Waals surface area contributed by atoms with Gasteiger partial charge in [0.25, 0.3) is 0 Å². The van der Waals surface area contributed by atoms with Gasteiger partial charge in [-0.2, -0.15) is 0 Å². The monoisotopic (exact) mass is 267 g/mol. The fraction of sp³-hybridized carbons (Fsp3) is 0.938. The minimum absolute atomic E-state index is 0.123. The van der Waals surface area contributed by atoms with Crippen LogP contribution in [0.15, 0.2) is 0 Å². The summed E-state index contributed by atoms with van der Waals surface area (Å²) in [5, 5.41) is 7.58. The molecule has 19 heavy (non-hydrogen) atoms. The largest absolute Gasteiger partial charge is 0.387 e. The molecule has 1 fully saturated rings. The number of hydrogen-bond acceptors (Lipinski definition) is 2. The SMILES string of the molecule is CC(C)CCN(CCCCC(C)(C)C(=N)N)C1CC1. The first-order valence-electron chi connectivity index (χ1n) is 7.91. The molecule has 0 spiro atoms. The molecule has 0 bridgehead atoms. The number of nitrogens with two attached hydrogens (primary N) is 1. The Morgan fingerprint density at radius 2 is 1.89 bits per heavy atom. The van der Waals surface area contributed by atoms with Crippen LogP contribution in [-0.2, 0) is 0 Å². The second-order valence-corrected chi connectivity index (χ2v) is 7.20. The van der Waals surface area contributed by atoms with Gasteiger partial charge in [-0.3, -0.25) is 5.41 Å². The molecule has 0 radical (unpaired) electrons. The van der Waals surface area contributed by atoms with Gasteiger partial charge in [0.15, 0.2) is 0 Å². The molecule has 0 amide bonds. The van der Waals surface area contributed by atoms with E-state index in [9.17, 15) is 0 Å². The number of hydrogen-bond donors (Lipinski definition) is 2. The maximum absolute atomic E-state index is 7.58. The van der Waals surface area contributed by atoms with Crippen LogP contribution >= 0.6 is 0 Å². The van der Waals surface area contributed by atoms with E-state index in [0.29, 0.717) is 5.84 Å². The second-order valence-electron chi connectivity index (χ2n) is 7.20. The van der Waals surface area contributed by atoms with Gasteiger partial charge in [0, 0.05) is 11.5 Å². The van der Waals surface area contributed by atoms with E-state index in [1.54, 1.807) is 0 Å². The molecular formula is C16H33N3. The number of nitrogens with one attached hydrogen (secondary N) is 1. The van der Waals surface area contributed by atoms with Crippen molar-refractivity contribution in [2.45, 2.75) is 72.3 Å². The molecule has 0 aromatic carbocycles. The van der Waals surface area contributed by atoms with Gasteiger partial charge in [-0.1, -0.05) is 34.1 Å². The quantitative estimate of drug-likeness (QED) is 0.361. The first kappa shape index (κ1) is 16.5. The molecule has 3 heteroatoms. The summed E-state index contributed by atoms with van der Waals surface area (Å²) in [6.45, 7) is 11.3. The van der Waals surface area contributed by atoms with E-state index in [1.807, 2.05) is 0 Å². The third-order valence-electron chi connectivity index (χ3n) is 4.28. The molecule has 1 rings (SSSR count). The molecule has 0 aromatic rings. The van der Waals surface area contributed by atoms with Crippen molar-refractivity contribution in [1.29, 1.82) is 5.41 Å². The predicted octanol–water partition coefficient (Wildman–Crippen LogP) is 3.63. The molecule has 1 aliphatic rings. The number of rotatable bonds is 10. The lowest BCUT2D eigenvalue weighted by Crippen LogP contribution is -2.32. The molecule has 3 nitrogen and oxygen atoms in total. The topological polar surface area (TPSA) is 53.1 Å². The highest BCUT2D eigenvalue weighted by Crippen LogP contribution is 2.28. The lowest BCUT2D eigenvalue weighted by atomic mass is 9.86. The summed E-state index contributed by atoms with van der Waals surface area (Å²) in [5.41, 5.74) is 5.50. The lowest BCUT2D eigenvalue weighted by molar-refractivity contribution is 0.239. The number of nitrogens with zero attached hydrogens (tertiary/aromatic N) is 1. The zero-order chi connectivity index (χ0) is 14.5. The Hall–Kier alpha value is -0.570. The minimum Gasteiger partial charge on any atom is -0.387 e. The van der Waals surface area contributed by atoms with E-state index < -0.39 is 0 Å². The van der Waals surface area contributed by atoms with E-state index >= 15 is 0 Å². The average molecular weight is 267 g/mol. The third kappa shape index (κ3) is 6.42. The highest BCUT2D eigenvalue weighted by Gasteiger charge is 2.28. The van der Waals surface area contributed by atoms with Crippen molar-refractivity contribution in [3.63, 3.8) is 0 Å². The van der Waals surface area contributed by atoms with Gasteiger partial charge in [0.1, 0.15) is 0 Å². The molecule has 0 atom stereocenters. The summed E-state index contributed by atoms with van der Waals surface area (Å²) in [6.07, 6.45) is 7.57. The maximum atomic E-state index is 7.58. The Kier molecular flexibility index (Phi) is 6.31. The third-order valence-corrected chi connectivity index (χ3v) is 4.28. The Morgan fingerprint density at radius 3 is 2.37 bits per heavy atom. The predicted molar refractivity (Wildman–Crippen MR) is 83.6 cm³/mol. The van der Waals surface area contributed by atoms with Crippen LogP contribution in [0.5, 0.6) is 0 Å². The molecule has 3 N–H and O–H groups in total. The summed E-state index contributed by atoms with van der Waals surface area (Å²) >= 11 is 0. The van der Waals surface area contributed by atoms with Crippen LogP contribution in [-0.4, -0.2) is 29.9 Å². The van der Waals surface area contributed by atoms with Gasteiger partial charge in [0.05, 0.1) is 5.84 Å². The van der Waals surface area contributed by atoms with Crippen molar-refractivity contribution in [1.82, 2.24) is 4.90 Å². The van der Waals surface area contributed by atoms with Crippen molar-refractivity contribution in [2.24, 2.45) is 17.1 Å². The summed E-state index contributed by atoms with van der Waals surface area (Å²) in [6, 6.07) is 0.875. The normalized spacial score (nSPS) is 16.3. The maximum Gasteiger partial charge on any atom is 0.0963 e. The second kappa shape index (κ2) is 7.28. The average Bonchev–Trinajstić information content (AvgIpc) is 3.11. The van der Waals surface area contributed by atoms with Crippen LogP contribution in [0.3, 0.4) is 0 Å². The zero-order valence-electron chi connectivity index (χ0n) is 13.3. The van der Waals surface area contributed by atoms with Crippen LogP contribution < -0.4 is 5.73 Å². The molecule has 0 unspecified atom stereocenters. The summed E-state index contributed by atoms with van der Waals surface area (Å²) in [5.74, 6) is 1.13. The Bertz CT molecular complexity index is 280. The Morgan fingerprint density at radius 1 is 1.26 bits per heavy atom. The Labute approximate surface area is 119 Å².